The Morgan fingerprint density at radius 2 is 0.656 bits per heavy atom. The topological polar surface area (TPSA) is 12.5 Å². The fourth-order valence-electron chi connectivity index (χ4n) is 12.1. The van der Waals surface area contributed by atoms with Crippen LogP contribution in [0.2, 0.25) is 0 Å². The average Bonchev–Trinajstić information content (AvgIpc) is 3.95. The van der Waals surface area contributed by atoms with E-state index in [2.05, 4.69) is 241 Å². The Labute approximate surface area is 373 Å². The summed E-state index contributed by atoms with van der Waals surface area (Å²) in [5.41, 5.74) is 22.5. The van der Waals surface area contributed by atoms with Crippen molar-refractivity contribution in [2.75, 3.05) is 4.90 Å². The lowest BCUT2D eigenvalue weighted by Gasteiger charge is -2.39. The first-order valence-electron chi connectivity index (χ1n) is 22.3. The van der Waals surface area contributed by atoms with E-state index < -0.39 is 10.8 Å². The van der Waals surface area contributed by atoms with Crippen molar-refractivity contribution in [1.29, 1.82) is 0 Å². The summed E-state index contributed by atoms with van der Waals surface area (Å²) in [4.78, 5) is 2.48. The molecule has 4 aliphatic rings. The summed E-state index contributed by atoms with van der Waals surface area (Å²) in [5.74, 6) is 1.80. The number of anilines is 3. The first-order chi connectivity index (χ1) is 31.7. The molecule has 64 heavy (non-hydrogen) atoms. The summed E-state index contributed by atoms with van der Waals surface area (Å²) >= 11 is 0. The second kappa shape index (κ2) is 13.2. The number of para-hydroxylation sites is 2. The van der Waals surface area contributed by atoms with Gasteiger partial charge in [0.2, 0.25) is 0 Å². The molecule has 14 rings (SSSR count). The van der Waals surface area contributed by atoms with Crippen LogP contribution >= 0.6 is 0 Å². The van der Waals surface area contributed by atoms with Crippen molar-refractivity contribution in [3.63, 3.8) is 0 Å². The van der Waals surface area contributed by atoms with E-state index in [9.17, 15) is 0 Å². The maximum Gasteiger partial charge on any atom is 0.132 e. The van der Waals surface area contributed by atoms with Crippen LogP contribution in [0.1, 0.15) is 44.5 Å². The third-order valence-electron chi connectivity index (χ3n) is 14.5. The molecule has 10 aromatic rings. The van der Waals surface area contributed by atoms with Gasteiger partial charge in [-0.2, -0.15) is 0 Å². The summed E-state index contributed by atoms with van der Waals surface area (Å²) in [5, 5.41) is 0. The molecule has 0 bridgehead atoms. The highest BCUT2D eigenvalue weighted by Gasteiger charge is 2.53. The van der Waals surface area contributed by atoms with Crippen LogP contribution in [-0.4, -0.2) is 0 Å². The van der Waals surface area contributed by atoms with Crippen LogP contribution in [0.15, 0.2) is 237 Å². The van der Waals surface area contributed by atoms with Gasteiger partial charge in [-0.15, -0.1) is 0 Å². The van der Waals surface area contributed by atoms with Crippen LogP contribution in [0.5, 0.6) is 11.5 Å². The normalized spacial score (nSPS) is 14.3. The van der Waals surface area contributed by atoms with E-state index in [1.165, 1.54) is 89.0 Å². The monoisotopic (exact) mass is 813 g/mol. The lowest BCUT2D eigenvalue weighted by atomic mass is 9.66. The first kappa shape index (κ1) is 35.4. The maximum absolute atomic E-state index is 6.65. The zero-order chi connectivity index (χ0) is 42.0. The SMILES string of the molecule is c1ccc(-c2cccc(N(c3ccc4c(c3)-c3ccccc3C43c4ccccc4Oc4ccccc43)c3ccc4c(c3)C3(c5ccccc5-c5ccccc53)c3ccccc3-4)c2)cc1. The number of hydrogen-bond acceptors (Lipinski definition) is 2. The maximum atomic E-state index is 6.65. The molecule has 0 unspecified atom stereocenters. The van der Waals surface area contributed by atoms with E-state index in [1.54, 1.807) is 0 Å². The standard InChI is InChI=1S/C62H39NO/c1-2-17-40(18-3-1)41-19-16-20-42(37-41)63(44-33-35-49-47-23-6-10-27-53(47)61(58(49)39-44)51-25-8-4-21-45(51)46-22-5-9-26-52(46)61)43-34-36-55-50(38-43)48-24-7-11-28-54(48)62(55)56-29-12-14-31-59(56)64-60-32-15-13-30-57(60)62/h1-39H. The van der Waals surface area contributed by atoms with E-state index in [0.29, 0.717) is 0 Å². The zero-order valence-corrected chi connectivity index (χ0v) is 34.9. The fraction of sp³-hybridized carbons (Fsp3) is 0.0323. The van der Waals surface area contributed by atoms with Gasteiger partial charge in [0.25, 0.3) is 0 Å². The third kappa shape index (κ3) is 4.54. The summed E-state index contributed by atoms with van der Waals surface area (Å²) < 4.78 is 6.65. The van der Waals surface area contributed by atoms with Gasteiger partial charge >= 0.3 is 0 Å². The molecule has 298 valence electrons. The number of nitrogens with zero attached hydrogens (tertiary/aromatic N) is 1. The highest BCUT2D eigenvalue weighted by Crippen LogP contribution is 2.65. The van der Waals surface area contributed by atoms with Gasteiger partial charge in [-0.3, -0.25) is 0 Å². The second-order valence-electron chi connectivity index (χ2n) is 17.5. The van der Waals surface area contributed by atoms with Crippen LogP contribution in [0.25, 0.3) is 44.5 Å². The van der Waals surface area contributed by atoms with Gasteiger partial charge in [-0.1, -0.05) is 188 Å². The molecule has 0 atom stereocenters. The van der Waals surface area contributed by atoms with E-state index >= 15 is 0 Å². The molecule has 0 aromatic heterocycles. The fourth-order valence-corrected chi connectivity index (χ4v) is 12.1. The van der Waals surface area contributed by atoms with E-state index in [1.807, 2.05) is 0 Å². The Balaban J connectivity index is 1.03. The summed E-state index contributed by atoms with van der Waals surface area (Å²) in [6, 6.07) is 87.5. The minimum absolute atomic E-state index is 0.459. The van der Waals surface area contributed by atoms with Crippen molar-refractivity contribution in [1.82, 2.24) is 0 Å². The minimum Gasteiger partial charge on any atom is -0.457 e. The number of hydrogen-bond donors (Lipinski definition) is 0. The van der Waals surface area contributed by atoms with Gasteiger partial charge in [-0.05, 0) is 126 Å². The Morgan fingerprint density at radius 3 is 1.25 bits per heavy atom. The predicted octanol–water partition coefficient (Wildman–Crippen LogP) is 15.6. The summed E-state index contributed by atoms with van der Waals surface area (Å²) in [6.07, 6.45) is 0. The Morgan fingerprint density at radius 1 is 0.250 bits per heavy atom. The molecule has 2 nitrogen and oxygen atoms in total. The van der Waals surface area contributed by atoms with Crippen LogP contribution < -0.4 is 9.64 Å². The highest BCUT2D eigenvalue weighted by molar-refractivity contribution is 5.97. The molecule has 2 spiro atoms. The molecular formula is C62H39NO. The van der Waals surface area contributed by atoms with Gasteiger partial charge in [0, 0.05) is 28.2 Å². The second-order valence-corrected chi connectivity index (χ2v) is 17.5. The smallest absolute Gasteiger partial charge is 0.132 e. The van der Waals surface area contributed by atoms with Crippen LogP contribution in [0, 0.1) is 0 Å². The lowest BCUT2D eigenvalue weighted by molar-refractivity contribution is 0.436. The summed E-state index contributed by atoms with van der Waals surface area (Å²) in [6.45, 7) is 0. The zero-order valence-electron chi connectivity index (χ0n) is 34.9. The van der Waals surface area contributed by atoms with E-state index in [0.717, 1.165) is 28.6 Å². The van der Waals surface area contributed by atoms with Gasteiger partial charge < -0.3 is 9.64 Å². The Bertz CT molecular complexity index is 3450. The molecule has 3 aliphatic carbocycles. The van der Waals surface area contributed by atoms with Crippen molar-refractivity contribution >= 4 is 17.1 Å². The number of benzene rings is 10. The largest absolute Gasteiger partial charge is 0.457 e. The van der Waals surface area contributed by atoms with Crippen molar-refractivity contribution in [3.05, 3.63) is 281 Å². The third-order valence-corrected chi connectivity index (χ3v) is 14.5. The highest BCUT2D eigenvalue weighted by atomic mass is 16.5. The van der Waals surface area contributed by atoms with Gasteiger partial charge in [0.15, 0.2) is 0 Å². The lowest BCUT2D eigenvalue weighted by Crippen LogP contribution is -2.32. The quantitative estimate of drug-likeness (QED) is 0.175. The Hall–Kier alpha value is -8.20. The molecule has 0 amide bonds. The van der Waals surface area contributed by atoms with Crippen molar-refractivity contribution in [2.24, 2.45) is 0 Å². The molecule has 0 fully saturated rings. The average molecular weight is 814 g/mol. The van der Waals surface area contributed by atoms with Crippen molar-refractivity contribution in [3.8, 4) is 56.0 Å². The van der Waals surface area contributed by atoms with Gasteiger partial charge in [0.1, 0.15) is 11.5 Å². The number of fused-ring (bicyclic) bond motifs is 19. The van der Waals surface area contributed by atoms with E-state index in [-0.39, 0.29) is 0 Å². The molecule has 0 N–H and O–H groups in total. The molecule has 2 heteroatoms. The summed E-state index contributed by atoms with van der Waals surface area (Å²) in [7, 11) is 0. The first-order valence-corrected chi connectivity index (χ1v) is 22.3. The van der Waals surface area contributed by atoms with Crippen LogP contribution in [-0.2, 0) is 10.8 Å². The van der Waals surface area contributed by atoms with E-state index in [4.69, 9.17) is 4.74 Å². The molecule has 0 saturated carbocycles. The molecule has 0 radical (unpaired) electrons. The minimum atomic E-state index is -0.539. The molecule has 0 saturated heterocycles. The van der Waals surface area contributed by atoms with Gasteiger partial charge in [-0.25, -0.2) is 0 Å². The molecular weight excluding hydrogens is 775 g/mol. The number of rotatable bonds is 4. The predicted molar refractivity (Wildman–Crippen MR) is 260 cm³/mol. The molecule has 10 aromatic carbocycles. The van der Waals surface area contributed by atoms with Crippen molar-refractivity contribution in [2.45, 2.75) is 10.8 Å². The molecule has 1 heterocycles. The Kier molecular flexibility index (Phi) is 7.28. The van der Waals surface area contributed by atoms with Crippen molar-refractivity contribution < 1.29 is 4.74 Å². The number of ether oxygens (including phenoxy) is 1. The van der Waals surface area contributed by atoms with Crippen LogP contribution in [0.3, 0.4) is 0 Å². The van der Waals surface area contributed by atoms with Gasteiger partial charge in [0.05, 0.1) is 10.8 Å². The van der Waals surface area contributed by atoms with Crippen LogP contribution in [0.4, 0.5) is 17.1 Å². The molecule has 1 aliphatic heterocycles.